The maximum Gasteiger partial charge on any atom is 0.255 e. The van der Waals surface area contributed by atoms with E-state index in [0.717, 1.165) is 19.4 Å². The highest BCUT2D eigenvalue weighted by Crippen LogP contribution is 2.17. The summed E-state index contributed by atoms with van der Waals surface area (Å²) in [4.78, 5) is 24.2. The van der Waals surface area contributed by atoms with E-state index in [0.29, 0.717) is 22.0 Å². The molecule has 1 unspecified atom stereocenters. The molecule has 0 spiro atoms. The van der Waals surface area contributed by atoms with Crippen LogP contribution in [-0.2, 0) is 4.79 Å². The first-order valence-electron chi connectivity index (χ1n) is 7.83. The maximum absolute atomic E-state index is 12.1. The lowest BCUT2D eigenvalue weighted by Crippen LogP contribution is -2.35. The van der Waals surface area contributed by atoms with Crippen molar-refractivity contribution in [3.8, 4) is 0 Å². The van der Waals surface area contributed by atoms with Crippen LogP contribution < -0.4 is 16.0 Å². The Morgan fingerprint density at radius 2 is 1.58 bits per heavy atom. The fourth-order valence-electron chi connectivity index (χ4n) is 2.58. The largest absolute Gasteiger partial charge is 0.325 e. The molecule has 1 saturated heterocycles. The van der Waals surface area contributed by atoms with Crippen LogP contribution in [0, 0.1) is 0 Å². The third-order valence-electron chi connectivity index (χ3n) is 3.89. The molecule has 5 nitrogen and oxygen atoms in total. The number of rotatable bonds is 4. The summed E-state index contributed by atoms with van der Waals surface area (Å²) in [6.07, 6.45) is 1.88. The molecule has 2 aromatic carbocycles. The molecule has 1 aliphatic rings. The lowest BCUT2D eigenvalue weighted by molar-refractivity contribution is -0.117. The second-order valence-electron chi connectivity index (χ2n) is 5.68. The van der Waals surface area contributed by atoms with E-state index in [1.54, 1.807) is 48.5 Å². The Hall–Kier alpha value is -2.37. The Morgan fingerprint density at radius 1 is 0.958 bits per heavy atom. The first-order chi connectivity index (χ1) is 11.6. The molecule has 0 bridgehead atoms. The first-order valence-corrected chi connectivity index (χ1v) is 8.21. The van der Waals surface area contributed by atoms with Gasteiger partial charge in [-0.2, -0.15) is 0 Å². The quantitative estimate of drug-likeness (QED) is 0.797. The Bertz CT molecular complexity index is 723. The van der Waals surface area contributed by atoms with E-state index >= 15 is 0 Å². The summed E-state index contributed by atoms with van der Waals surface area (Å²) >= 11 is 5.81. The van der Waals surface area contributed by atoms with Gasteiger partial charge in [-0.1, -0.05) is 11.6 Å². The third-order valence-corrected chi connectivity index (χ3v) is 4.15. The lowest BCUT2D eigenvalue weighted by atomic mass is 10.2. The van der Waals surface area contributed by atoms with Gasteiger partial charge in [0.15, 0.2) is 0 Å². The Balaban J connectivity index is 1.58. The van der Waals surface area contributed by atoms with E-state index in [2.05, 4.69) is 16.0 Å². The summed E-state index contributed by atoms with van der Waals surface area (Å²) in [7, 11) is 0. The normalized spacial score (nSPS) is 16.6. The van der Waals surface area contributed by atoms with E-state index in [1.807, 2.05) is 0 Å². The molecule has 0 saturated carbocycles. The number of halogens is 1. The molecule has 3 N–H and O–H groups in total. The predicted molar refractivity (Wildman–Crippen MR) is 95.5 cm³/mol. The molecule has 0 aliphatic carbocycles. The zero-order valence-corrected chi connectivity index (χ0v) is 13.8. The van der Waals surface area contributed by atoms with Crippen molar-refractivity contribution in [1.82, 2.24) is 5.32 Å². The Labute approximate surface area is 145 Å². The second kappa shape index (κ2) is 7.47. The van der Waals surface area contributed by atoms with Crippen LogP contribution in [-0.4, -0.2) is 24.4 Å². The smallest absolute Gasteiger partial charge is 0.255 e. The van der Waals surface area contributed by atoms with Gasteiger partial charge in [-0.15, -0.1) is 0 Å². The number of nitrogens with one attached hydrogen (secondary N) is 3. The van der Waals surface area contributed by atoms with Gasteiger partial charge in [0.2, 0.25) is 5.91 Å². The molecule has 2 aromatic rings. The van der Waals surface area contributed by atoms with Crippen LogP contribution in [0.1, 0.15) is 23.2 Å². The fraction of sp³-hybridized carbons (Fsp3) is 0.222. The van der Waals surface area contributed by atoms with E-state index in [4.69, 9.17) is 11.6 Å². The van der Waals surface area contributed by atoms with Crippen LogP contribution in [0.3, 0.4) is 0 Å². The Morgan fingerprint density at radius 3 is 2.17 bits per heavy atom. The molecule has 1 atom stereocenters. The average molecular weight is 344 g/mol. The minimum absolute atomic E-state index is 0.0227. The summed E-state index contributed by atoms with van der Waals surface area (Å²) in [6, 6.07) is 13.6. The van der Waals surface area contributed by atoms with Gasteiger partial charge in [0, 0.05) is 22.0 Å². The van der Waals surface area contributed by atoms with Crippen molar-refractivity contribution in [2.75, 3.05) is 17.2 Å². The van der Waals surface area contributed by atoms with Gasteiger partial charge in [0.25, 0.3) is 5.91 Å². The van der Waals surface area contributed by atoms with Crippen molar-refractivity contribution in [1.29, 1.82) is 0 Å². The standard InChI is InChI=1S/C18H18ClN3O2/c19-13-5-3-12(4-6-13)17(23)21-14-7-9-15(10-8-14)22-18(24)16-2-1-11-20-16/h3-10,16,20H,1-2,11H2,(H,21,23)(H,22,24). The van der Waals surface area contributed by atoms with Crippen molar-refractivity contribution in [2.45, 2.75) is 18.9 Å². The van der Waals surface area contributed by atoms with Crippen LogP contribution in [0.5, 0.6) is 0 Å². The van der Waals surface area contributed by atoms with Crippen LogP contribution >= 0.6 is 11.6 Å². The van der Waals surface area contributed by atoms with Gasteiger partial charge < -0.3 is 16.0 Å². The number of benzene rings is 2. The SMILES string of the molecule is O=C(Nc1ccc(NC(=O)C2CCCN2)cc1)c1ccc(Cl)cc1. The maximum atomic E-state index is 12.1. The number of anilines is 2. The number of hydrogen-bond acceptors (Lipinski definition) is 3. The molecule has 0 aromatic heterocycles. The molecule has 1 aliphatic heterocycles. The summed E-state index contributed by atoms with van der Waals surface area (Å²) in [5.41, 5.74) is 1.90. The fourth-order valence-corrected chi connectivity index (χ4v) is 2.71. The average Bonchev–Trinajstić information content (AvgIpc) is 3.12. The summed E-state index contributed by atoms with van der Waals surface area (Å²) in [5, 5.41) is 9.42. The number of hydrogen-bond donors (Lipinski definition) is 3. The van der Waals surface area contributed by atoms with E-state index < -0.39 is 0 Å². The molecule has 2 amide bonds. The molecule has 6 heteroatoms. The third kappa shape index (κ3) is 4.13. The minimum atomic E-state index is -0.210. The zero-order chi connectivity index (χ0) is 16.9. The topological polar surface area (TPSA) is 70.2 Å². The van der Waals surface area contributed by atoms with Gasteiger partial charge in [-0.05, 0) is 67.9 Å². The molecular formula is C18H18ClN3O2. The van der Waals surface area contributed by atoms with Crippen molar-refractivity contribution < 1.29 is 9.59 Å². The van der Waals surface area contributed by atoms with Gasteiger partial charge in [-0.25, -0.2) is 0 Å². The molecular weight excluding hydrogens is 326 g/mol. The second-order valence-corrected chi connectivity index (χ2v) is 6.11. The molecule has 0 radical (unpaired) electrons. The van der Waals surface area contributed by atoms with Crippen molar-refractivity contribution in [3.05, 3.63) is 59.1 Å². The van der Waals surface area contributed by atoms with Crippen LogP contribution in [0.4, 0.5) is 11.4 Å². The zero-order valence-electron chi connectivity index (χ0n) is 13.0. The molecule has 1 fully saturated rings. The van der Waals surface area contributed by atoms with Gasteiger partial charge >= 0.3 is 0 Å². The highest BCUT2D eigenvalue weighted by Gasteiger charge is 2.21. The number of carbonyl (C=O) groups is 2. The molecule has 1 heterocycles. The van der Waals surface area contributed by atoms with Gasteiger partial charge in [0.05, 0.1) is 6.04 Å². The summed E-state index contributed by atoms with van der Waals surface area (Å²) in [5.74, 6) is -0.232. The highest BCUT2D eigenvalue weighted by atomic mass is 35.5. The van der Waals surface area contributed by atoms with Crippen LogP contribution in [0.25, 0.3) is 0 Å². The lowest BCUT2D eigenvalue weighted by Gasteiger charge is -2.12. The highest BCUT2D eigenvalue weighted by molar-refractivity contribution is 6.30. The number of carbonyl (C=O) groups excluding carboxylic acids is 2. The predicted octanol–water partition coefficient (Wildman–Crippen LogP) is 3.28. The van der Waals surface area contributed by atoms with Crippen molar-refractivity contribution >= 4 is 34.8 Å². The van der Waals surface area contributed by atoms with Gasteiger partial charge in [0.1, 0.15) is 0 Å². The number of amides is 2. The van der Waals surface area contributed by atoms with Crippen molar-refractivity contribution in [2.24, 2.45) is 0 Å². The van der Waals surface area contributed by atoms with Crippen LogP contribution in [0.2, 0.25) is 5.02 Å². The van der Waals surface area contributed by atoms with Crippen molar-refractivity contribution in [3.63, 3.8) is 0 Å². The molecule has 3 rings (SSSR count). The van der Waals surface area contributed by atoms with E-state index in [9.17, 15) is 9.59 Å². The molecule has 24 heavy (non-hydrogen) atoms. The molecule has 124 valence electrons. The minimum Gasteiger partial charge on any atom is -0.325 e. The van der Waals surface area contributed by atoms with E-state index in [-0.39, 0.29) is 17.9 Å². The first kappa shape index (κ1) is 16.5. The van der Waals surface area contributed by atoms with E-state index in [1.165, 1.54) is 0 Å². The summed E-state index contributed by atoms with van der Waals surface area (Å²) < 4.78 is 0. The van der Waals surface area contributed by atoms with Crippen LogP contribution in [0.15, 0.2) is 48.5 Å². The van der Waals surface area contributed by atoms with Gasteiger partial charge in [-0.3, -0.25) is 9.59 Å². The summed E-state index contributed by atoms with van der Waals surface area (Å²) in [6.45, 7) is 0.883. The monoisotopic (exact) mass is 343 g/mol. The Kier molecular flexibility index (Phi) is 5.13.